The average Bonchev–Trinajstić information content (AvgIpc) is 2.93. The number of carbonyl (C=O) groups is 2. The standard InChI is InChI=1S/C30H32Cl2F3N3O4S/c1-20(2)17-36-29(40)27(15-21-9-5-4-6-10-21)37(18-22-11-7-8-12-24(22)31)28(39)19-38(43(3,41)42)26-16-23(30(33,34)35)13-14-25(26)32/h4-14,16,20,27H,15,17-19H2,1-3H3,(H,36,40)/t27-/m0/s1. The highest BCUT2D eigenvalue weighted by molar-refractivity contribution is 7.92. The summed E-state index contributed by atoms with van der Waals surface area (Å²) in [5.41, 5.74) is -0.454. The lowest BCUT2D eigenvalue weighted by atomic mass is 10.0. The van der Waals surface area contributed by atoms with Crippen molar-refractivity contribution in [3.05, 3.63) is 99.5 Å². The molecule has 0 aliphatic heterocycles. The van der Waals surface area contributed by atoms with E-state index in [0.717, 1.165) is 17.9 Å². The molecule has 0 saturated heterocycles. The van der Waals surface area contributed by atoms with Crippen molar-refractivity contribution in [1.29, 1.82) is 0 Å². The Morgan fingerprint density at radius 1 is 0.930 bits per heavy atom. The summed E-state index contributed by atoms with van der Waals surface area (Å²) in [5.74, 6) is -1.24. The summed E-state index contributed by atoms with van der Waals surface area (Å²) in [6.45, 7) is 3.02. The maximum Gasteiger partial charge on any atom is 0.416 e. The number of rotatable bonds is 12. The first-order valence-electron chi connectivity index (χ1n) is 13.3. The lowest BCUT2D eigenvalue weighted by molar-refractivity contribution is -0.140. The average molecular weight is 659 g/mol. The zero-order valence-electron chi connectivity index (χ0n) is 23.7. The van der Waals surface area contributed by atoms with Gasteiger partial charge in [0.1, 0.15) is 12.6 Å². The van der Waals surface area contributed by atoms with E-state index in [2.05, 4.69) is 5.32 Å². The Bertz CT molecular complexity index is 1540. The van der Waals surface area contributed by atoms with Crippen molar-refractivity contribution in [2.45, 2.75) is 39.0 Å². The van der Waals surface area contributed by atoms with Crippen LogP contribution in [-0.2, 0) is 38.8 Å². The number of halogens is 5. The fraction of sp³-hybridized carbons (Fsp3) is 0.333. The summed E-state index contributed by atoms with van der Waals surface area (Å²) in [5, 5.41) is 2.84. The lowest BCUT2D eigenvalue weighted by Crippen LogP contribution is -2.53. The Morgan fingerprint density at radius 3 is 2.14 bits per heavy atom. The van der Waals surface area contributed by atoms with Crippen molar-refractivity contribution in [2.75, 3.05) is 23.7 Å². The largest absolute Gasteiger partial charge is 0.416 e. The van der Waals surface area contributed by atoms with E-state index in [1.54, 1.807) is 54.6 Å². The monoisotopic (exact) mass is 657 g/mol. The van der Waals surface area contributed by atoms with Crippen molar-refractivity contribution in [3.63, 3.8) is 0 Å². The summed E-state index contributed by atoms with van der Waals surface area (Å²) in [7, 11) is -4.33. The highest BCUT2D eigenvalue weighted by atomic mass is 35.5. The van der Waals surface area contributed by atoms with Crippen LogP contribution >= 0.6 is 23.2 Å². The van der Waals surface area contributed by atoms with E-state index in [1.807, 2.05) is 13.8 Å². The second kappa shape index (κ2) is 14.5. The first-order valence-corrected chi connectivity index (χ1v) is 15.9. The topological polar surface area (TPSA) is 86.8 Å². The van der Waals surface area contributed by atoms with Crippen LogP contribution in [0.4, 0.5) is 18.9 Å². The van der Waals surface area contributed by atoms with Gasteiger partial charge >= 0.3 is 6.18 Å². The summed E-state index contributed by atoms with van der Waals surface area (Å²) < 4.78 is 66.9. The van der Waals surface area contributed by atoms with Gasteiger partial charge in [0.25, 0.3) is 0 Å². The number of amides is 2. The highest BCUT2D eigenvalue weighted by Gasteiger charge is 2.36. The lowest BCUT2D eigenvalue weighted by Gasteiger charge is -2.34. The molecule has 1 N–H and O–H groups in total. The van der Waals surface area contributed by atoms with Gasteiger partial charge in [0.2, 0.25) is 21.8 Å². The molecule has 0 aliphatic rings. The molecule has 0 heterocycles. The molecule has 13 heteroatoms. The second-order valence-corrected chi connectivity index (χ2v) is 13.1. The first-order chi connectivity index (χ1) is 20.1. The first kappa shape index (κ1) is 34.2. The molecule has 2 amide bonds. The maximum atomic E-state index is 14.1. The van der Waals surface area contributed by atoms with E-state index < -0.39 is 51.9 Å². The number of alkyl halides is 3. The number of benzene rings is 3. The third kappa shape index (κ3) is 9.61. The van der Waals surface area contributed by atoms with Crippen molar-refractivity contribution in [1.82, 2.24) is 10.2 Å². The molecule has 0 aromatic heterocycles. The van der Waals surface area contributed by atoms with E-state index in [-0.39, 0.29) is 23.9 Å². The predicted molar refractivity (Wildman–Crippen MR) is 162 cm³/mol. The Hall–Kier alpha value is -3.28. The summed E-state index contributed by atoms with van der Waals surface area (Å²) >= 11 is 12.6. The van der Waals surface area contributed by atoms with Gasteiger partial charge in [0, 0.05) is 24.5 Å². The van der Waals surface area contributed by atoms with Crippen LogP contribution in [0.2, 0.25) is 10.0 Å². The van der Waals surface area contributed by atoms with Crippen LogP contribution in [0.15, 0.2) is 72.8 Å². The molecule has 0 aliphatic carbocycles. The maximum absolute atomic E-state index is 14.1. The van der Waals surface area contributed by atoms with Gasteiger partial charge in [-0.2, -0.15) is 13.2 Å². The van der Waals surface area contributed by atoms with Crippen molar-refractivity contribution < 1.29 is 31.2 Å². The minimum atomic E-state index is -4.79. The molecule has 3 rings (SSSR count). The van der Waals surface area contributed by atoms with Gasteiger partial charge in [-0.05, 0) is 41.3 Å². The Morgan fingerprint density at radius 2 is 1.56 bits per heavy atom. The molecule has 0 fully saturated rings. The van der Waals surface area contributed by atoms with Crippen molar-refractivity contribution in [2.24, 2.45) is 5.92 Å². The third-order valence-electron chi connectivity index (χ3n) is 6.48. The molecular weight excluding hydrogens is 626 g/mol. The van der Waals surface area contributed by atoms with Crippen LogP contribution < -0.4 is 9.62 Å². The molecule has 0 bridgehead atoms. The molecule has 0 unspecified atom stereocenters. The van der Waals surface area contributed by atoms with Gasteiger partial charge < -0.3 is 10.2 Å². The van der Waals surface area contributed by atoms with Crippen molar-refractivity contribution in [3.8, 4) is 0 Å². The number of carbonyl (C=O) groups excluding carboxylic acids is 2. The number of hydrogen-bond acceptors (Lipinski definition) is 4. The highest BCUT2D eigenvalue weighted by Crippen LogP contribution is 2.36. The molecule has 0 radical (unpaired) electrons. The fourth-order valence-corrected chi connectivity index (χ4v) is 5.58. The third-order valence-corrected chi connectivity index (χ3v) is 8.29. The van der Waals surface area contributed by atoms with Gasteiger partial charge in [-0.25, -0.2) is 8.42 Å². The van der Waals surface area contributed by atoms with Crippen LogP contribution in [0.5, 0.6) is 0 Å². The number of hydrogen-bond donors (Lipinski definition) is 1. The molecule has 0 saturated carbocycles. The van der Waals surface area contributed by atoms with Crippen LogP contribution in [0.1, 0.15) is 30.5 Å². The molecular formula is C30H32Cl2F3N3O4S. The number of sulfonamides is 1. The molecule has 0 spiro atoms. The van der Waals surface area contributed by atoms with Gasteiger partial charge in [-0.3, -0.25) is 13.9 Å². The normalized spacial score (nSPS) is 12.6. The van der Waals surface area contributed by atoms with Gasteiger partial charge in [0.05, 0.1) is 22.5 Å². The van der Waals surface area contributed by atoms with Crippen LogP contribution in [0.25, 0.3) is 0 Å². The van der Waals surface area contributed by atoms with E-state index in [0.29, 0.717) is 33.6 Å². The molecule has 232 valence electrons. The van der Waals surface area contributed by atoms with Gasteiger partial charge in [-0.1, -0.05) is 85.6 Å². The van der Waals surface area contributed by atoms with E-state index >= 15 is 0 Å². The SMILES string of the molecule is CC(C)CNC(=O)[C@H](Cc1ccccc1)N(Cc1ccccc1Cl)C(=O)CN(c1cc(C(F)(F)F)ccc1Cl)S(C)(=O)=O. The molecule has 7 nitrogen and oxygen atoms in total. The number of anilines is 1. The van der Waals surface area contributed by atoms with Crippen LogP contribution in [-0.4, -0.2) is 50.5 Å². The van der Waals surface area contributed by atoms with Crippen LogP contribution in [0, 0.1) is 5.92 Å². The zero-order chi connectivity index (χ0) is 31.9. The Balaban J connectivity index is 2.12. The van der Waals surface area contributed by atoms with E-state index in [1.165, 1.54) is 4.90 Å². The van der Waals surface area contributed by atoms with Gasteiger partial charge in [-0.15, -0.1) is 0 Å². The quantitative estimate of drug-likeness (QED) is 0.252. The van der Waals surface area contributed by atoms with E-state index in [4.69, 9.17) is 23.2 Å². The summed E-state index contributed by atoms with van der Waals surface area (Å²) in [6, 6.07) is 16.7. The Labute approximate surface area is 259 Å². The minimum Gasteiger partial charge on any atom is -0.354 e. The smallest absolute Gasteiger partial charge is 0.354 e. The van der Waals surface area contributed by atoms with Gasteiger partial charge in [0.15, 0.2) is 0 Å². The minimum absolute atomic E-state index is 0.0736. The zero-order valence-corrected chi connectivity index (χ0v) is 26.1. The number of nitrogens with one attached hydrogen (secondary N) is 1. The number of nitrogens with zero attached hydrogens (tertiary/aromatic N) is 2. The van der Waals surface area contributed by atoms with Crippen LogP contribution in [0.3, 0.4) is 0 Å². The fourth-order valence-electron chi connectivity index (χ4n) is 4.26. The summed E-state index contributed by atoms with van der Waals surface area (Å²) in [6.07, 6.45) is -3.96. The summed E-state index contributed by atoms with van der Waals surface area (Å²) in [4.78, 5) is 28.9. The van der Waals surface area contributed by atoms with Crippen molar-refractivity contribution >= 4 is 50.7 Å². The molecule has 1 atom stereocenters. The molecule has 3 aromatic rings. The Kier molecular flexibility index (Phi) is 11.5. The van der Waals surface area contributed by atoms with E-state index in [9.17, 15) is 31.2 Å². The second-order valence-electron chi connectivity index (χ2n) is 10.4. The predicted octanol–water partition coefficient (Wildman–Crippen LogP) is 6.19. The molecule has 3 aromatic carbocycles. The molecule has 43 heavy (non-hydrogen) atoms.